The lowest BCUT2D eigenvalue weighted by Gasteiger charge is -2.31. The van der Waals surface area contributed by atoms with Crippen molar-refractivity contribution in [1.29, 1.82) is 0 Å². The van der Waals surface area contributed by atoms with Gasteiger partial charge in [0.1, 0.15) is 0 Å². The van der Waals surface area contributed by atoms with E-state index >= 15 is 0 Å². The number of nitrogens with zero attached hydrogens (tertiary/aromatic N) is 2. The van der Waals surface area contributed by atoms with Gasteiger partial charge in [0.2, 0.25) is 5.78 Å². The maximum Gasteiger partial charge on any atom is 0.290 e. The van der Waals surface area contributed by atoms with Gasteiger partial charge < -0.3 is 28.6 Å². The van der Waals surface area contributed by atoms with E-state index in [9.17, 15) is 14.7 Å². The van der Waals surface area contributed by atoms with Gasteiger partial charge in [-0.1, -0.05) is 13.5 Å². The second kappa shape index (κ2) is 10.5. The molecule has 0 spiro atoms. The number of aliphatic hydroxyl groups is 1. The molecule has 178 valence electrons. The van der Waals surface area contributed by atoms with Gasteiger partial charge in [-0.05, 0) is 29.8 Å². The fraction of sp³-hybridized carbons (Fsp3) is 0.417. The molecule has 2 aliphatic heterocycles. The number of carbonyl (C=O) groups is 2. The maximum atomic E-state index is 13.2. The summed E-state index contributed by atoms with van der Waals surface area (Å²) in [6.07, 6.45) is 1.38. The van der Waals surface area contributed by atoms with Crippen LogP contribution in [0.1, 0.15) is 29.6 Å². The second-order valence-electron chi connectivity index (χ2n) is 7.54. The van der Waals surface area contributed by atoms with E-state index in [4.69, 9.17) is 18.6 Å². The number of furan rings is 1. The molecule has 1 unspecified atom stereocenters. The fourth-order valence-electron chi connectivity index (χ4n) is 4.10. The predicted molar refractivity (Wildman–Crippen MR) is 121 cm³/mol. The molecule has 33 heavy (non-hydrogen) atoms. The van der Waals surface area contributed by atoms with Crippen LogP contribution in [0.4, 0.5) is 0 Å². The quantitative estimate of drug-likeness (QED) is 0.603. The first-order valence-corrected chi connectivity index (χ1v) is 10.4. The summed E-state index contributed by atoms with van der Waals surface area (Å²) in [5, 5.41) is 10.7. The van der Waals surface area contributed by atoms with Gasteiger partial charge in [-0.3, -0.25) is 14.5 Å². The number of hydrogen-bond donors (Lipinski definition) is 1. The lowest BCUT2D eigenvalue weighted by atomic mass is 9.94. The van der Waals surface area contributed by atoms with Crippen molar-refractivity contribution in [2.75, 3.05) is 53.6 Å². The summed E-state index contributed by atoms with van der Waals surface area (Å²) < 4.78 is 21.4. The van der Waals surface area contributed by atoms with Gasteiger partial charge in [-0.25, -0.2) is 0 Å². The average molecular weight is 459 g/mol. The minimum Gasteiger partial charge on any atom is -0.503 e. The smallest absolute Gasteiger partial charge is 0.290 e. The molecule has 3 heterocycles. The topological polar surface area (TPSA) is 102 Å². The van der Waals surface area contributed by atoms with Gasteiger partial charge in [0.25, 0.3) is 5.91 Å². The number of ketones is 1. The predicted octanol–water partition coefficient (Wildman–Crippen LogP) is 2.84. The molecule has 0 bridgehead atoms. The zero-order valence-corrected chi connectivity index (χ0v) is 18.1. The first-order chi connectivity index (χ1) is 15.5. The van der Waals surface area contributed by atoms with Gasteiger partial charge in [-0.15, -0.1) is 0 Å². The van der Waals surface area contributed by atoms with Crippen LogP contribution in [0.15, 0.2) is 52.3 Å². The lowest BCUT2D eigenvalue weighted by molar-refractivity contribution is -0.129. The molecule has 4 rings (SSSR count). The van der Waals surface area contributed by atoms with E-state index in [0.29, 0.717) is 43.4 Å². The highest BCUT2D eigenvalue weighted by molar-refractivity contribution is 6.15. The lowest BCUT2D eigenvalue weighted by Crippen LogP contribution is -2.43. The Hall–Kier alpha value is -3.30. The molecule has 1 aromatic heterocycles. The number of ether oxygens (including phenoxy) is 3. The zero-order valence-electron chi connectivity index (χ0n) is 18.1. The van der Waals surface area contributed by atoms with Crippen molar-refractivity contribution in [3.8, 4) is 11.5 Å². The molecule has 0 aliphatic carbocycles. The van der Waals surface area contributed by atoms with E-state index < -0.39 is 23.5 Å². The third-order valence-corrected chi connectivity index (χ3v) is 5.78. The van der Waals surface area contributed by atoms with E-state index in [1.165, 1.54) is 31.4 Å². The Balaban J connectivity index is 0.00000306. The number of carbonyl (C=O) groups excluding carboxylic acids is 2. The molecule has 1 amide bonds. The van der Waals surface area contributed by atoms with Crippen LogP contribution >= 0.6 is 0 Å². The molecule has 1 fully saturated rings. The highest BCUT2D eigenvalue weighted by Crippen LogP contribution is 2.41. The molecular weight excluding hydrogens is 428 g/mol. The minimum atomic E-state index is -0.791. The molecule has 1 N–H and O–H groups in total. The number of morpholine rings is 1. The van der Waals surface area contributed by atoms with Gasteiger partial charge in [0, 0.05) is 26.2 Å². The normalized spacial score (nSPS) is 18.9. The molecular formula is C24H30N2O7. The van der Waals surface area contributed by atoms with Gasteiger partial charge in [0.05, 0.1) is 45.3 Å². The van der Waals surface area contributed by atoms with Crippen molar-refractivity contribution in [2.24, 2.45) is 0 Å². The molecule has 0 saturated carbocycles. The van der Waals surface area contributed by atoms with E-state index in [0.717, 1.165) is 13.1 Å². The van der Waals surface area contributed by atoms with Crippen molar-refractivity contribution in [3.63, 3.8) is 0 Å². The Morgan fingerprint density at radius 2 is 1.85 bits per heavy atom. The molecule has 2 aliphatic rings. The van der Waals surface area contributed by atoms with Crippen molar-refractivity contribution in [2.45, 2.75) is 13.5 Å². The van der Waals surface area contributed by atoms with Gasteiger partial charge in [-0.2, -0.15) is 0 Å². The van der Waals surface area contributed by atoms with Crippen LogP contribution in [-0.2, 0) is 9.53 Å². The Morgan fingerprint density at radius 3 is 2.48 bits per heavy atom. The molecule has 2 aromatic rings. The third-order valence-electron chi connectivity index (χ3n) is 5.78. The number of amides is 1. The third kappa shape index (κ3) is 4.74. The first kappa shape index (κ1) is 24.3. The number of rotatable bonds is 8. The van der Waals surface area contributed by atoms with Crippen LogP contribution in [0.2, 0.25) is 0 Å². The largest absolute Gasteiger partial charge is 0.503 e. The van der Waals surface area contributed by atoms with Crippen molar-refractivity contribution in [3.05, 3.63) is 59.3 Å². The minimum absolute atomic E-state index is 0. The van der Waals surface area contributed by atoms with Crippen LogP contribution in [0.25, 0.3) is 0 Å². The number of Topliss-reactive ketones (excluding diaryl/α,β-unsaturated/α-hetero) is 1. The SMILES string of the molecule is C.COc1ccc(C2C(C(=O)c3ccco3)=C(O)C(=O)N2CCN2CCOCC2)cc1OC. The summed E-state index contributed by atoms with van der Waals surface area (Å²) >= 11 is 0. The number of hydrogen-bond acceptors (Lipinski definition) is 8. The Kier molecular flexibility index (Phi) is 7.78. The summed E-state index contributed by atoms with van der Waals surface area (Å²) in [7, 11) is 3.04. The number of methoxy groups -OCH3 is 2. The van der Waals surface area contributed by atoms with E-state index in [1.54, 1.807) is 24.3 Å². The van der Waals surface area contributed by atoms with Crippen LogP contribution in [-0.4, -0.2) is 80.2 Å². The Bertz CT molecular complexity index is 1010. The Morgan fingerprint density at radius 1 is 1.12 bits per heavy atom. The molecule has 9 heteroatoms. The summed E-state index contributed by atoms with van der Waals surface area (Å²) in [5.74, 6) is -0.648. The second-order valence-corrected chi connectivity index (χ2v) is 7.54. The van der Waals surface area contributed by atoms with E-state index in [2.05, 4.69) is 4.90 Å². The van der Waals surface area contributed by atoms with E-state index in [-0.39, 0.29) is 18.8 Å². The molecule has 0 radical (unpaired) electrons. The molecule has 1 saturated heterocycles. The monoisotopic (exact) mass is 458 g/mol. The molecule has 9 nitrogen and oxygen atoms in total. The highest BCUT2D eigenvalue weighted by atomic mass is 16.5. The highest BCUT2D eigenvalue weighted by Gasteiger charge is 2.44. The van der Waals surface area contributed by atoms with E-state index in [1.807, 2.05) is 0 Å². The summed E-state index contributed by atoms with van der Waals surface area (Å²) in [5.41, 5.74) is 0.607. The maximum absolute atomic E-state index is 13.2. The van der Waals surface area contributed by atoms with Gasteiger partial charge in [0.15, 0.2) is 23.0 Å². The zero-order chi connectivity index (χ0) is 22.7. The van der Waals surface area contributed by atoms with Crippen LogP contribution in [0, 0.1) is 0 Å². The van der Waals surface area contributed by atoms with Crippen LogP contribution < -0.4 is 9.47 Å². The standard InChI is InChI=1S/C23H26N2O7.CH4/c1-29-16-6-5-15(14-18(16)30-2)20-19(21(26)17-4-3-11-32-17)22(27)23(28)25(20)8-7-24-9-12-31-13-10-24;/h3-6,11,14,20,27H,7-10,12-13H2,1-2H3;1H4. The van der Waals surface area contributed by atoms with Crippen molar-refractivity contribution >= 4 is 11.7 Å². The number of aliphatic hydroxyl groups excluding tert-OH is 1. The Labute approximate surface area is 193 Å². The first-order valence-electron chi connectivity index (χ1n) is 10.4. The summed E-state index contributed by atoms with van der Waals surface area (Å²) in [4.78, 5) is 30.0. The fourth-order valence-corrected chi connectivity index (χ4v) is 4.10. The summed E-state index contributed by atoms with van der Waals surface area (Å²) in [6.45, 7) is 3.73. The van der Waals surface area contributed by atoms with Gasteiger partial charge >= 0.3 is 0 Å². The van der Waals surface area contributed by atoms with Crippen molar-refractivity contribution < 1.29 is 33.3 Å². The molecule has 1 atom stereocenters. The summed E-state index contributed by atoms with van der Waals surface area (Å²) in [6, 6.07) is 7.49. The van der Waals surface area contributed by atoms with Crippen LogP contribution in [0.3, 0.4) is 0 Å². The van der Waals surface area contributed by atoms with Crippen molar-refractivity contribution in [1.82, 2.24) is 9.80 Å². The molecule has 1 aromatic carbocycles. The average Bonchev–Trinajstić information content (AvgIpc) is 3.45. The van der Waals surface area contributed by atoms with Crippen LogP contribution in [0.5, 0.6) is 11.5 Å². The number of benzene rings is 1.